The second kappa shape index (κ2) is 6.92. The number of hydrogen-bond acceptors (Lipinski definition) is 3. The Labute approximate surface area is 119 Å². The highest BCUT2D eigenvalue weighted by Gasteiger charge is 2.34. The average Bonchev–Trinajstić information content (AvgIpc) is 2.91. The van der Waals surface area contributed by atoms with E-state index in [1.54, 1.807) is 0 Å². The summed E-state index contributed by atoms with van der Waals surface area (Å²) in [6, 6.07) is -0.934. The third-order valence-electron chi connectivity index (χ3n) is 4.26. The Balaban J connectivity index is 1.78. The van der Waals surface area contributed by atoms with E-state index in [0.29, 0.717) is 31.3 Å². The Hall–Kier alpha value is -1.30. The molecule has 3 atom stereocenters. The number of ether oxygens (including phenoxy) is 1. The molecule has 114 valence electrons. The molecular weight excluding hydrogens is 260 g/mol. The molecule has 2 amide bonds. The van der Waals surface area contributed by atoms with Gasteiger partial charge in [-0.2, -0.15) is 0 Å². The Morgan fingerprint density at radius 2 is 2.20 bits per heavy atom. The zero-order chi connectivity index (χ0) is 14.5. The minimum atomic E-state index is -0.907. The molecule has 2 fully saturated rings. The smallest absolute Gasteiger partial charge is 0.326 e. The molecule has 0 aromatic carbocycles. The van der Waals surface area contributed by atoms with Crippen LogP contribution in [-0.2, 0) is 9.53 Å². The molecule has 0 bridgehead atoms. The van der Waals surface area contributed by atoms with Crippen LogP contribution in [0.1, 0.15) is 32.6 Å². The van der Waals surface area contributed by atoms with Gasteiger partial charge in [0.15, 0.2) is 0 Å². The Bertz CT molecular complexity index is 355. The van der Waals surface area contributed by atoms with Gasteiger partial charge in [-0.1, -0.05) is 6.92 Å². The van der Waals surface area contributed by atoms with E-state index in [9.17, 15) is 14.7 Å². The molecule has 6 nitrogen and oxygen atoms in total. The molecule has 3 unspecified atom stereocenters. The second-order valence-electron chi connectivity index (χ2n) is 5.93. The molecule has 2 heterocycles. The quantitative estimate of drug-likeness (QED) is 0.816. The van der Waals surface area contributed by atoms with E-state index >= 15 is 0 Å². The van der Waals surface area contributed by atoms with E-state index in [2.05, 4.69) is 5.32 Å². The van der Waals surface area contributed by atoms with E-state index in [4.69, 9.17) is 4.74 Å². The number of piperidine rings is 1. The van der Waals surface area contributed by atoms with Crippen molar-refractivity contribution in [1.29, 1.82) is 0 Å². The topological polar surface area (TPSA) is 78.9 Å². The van der Waals surface area contributed by atoms with E-state index in [1.807, 2.05) is 6.92 Å². The van der Waals surface area contributed by atoms with Crippen molar-refractivity contribution in [3.05, 3.63) is 0 Å². The summed E-state index contributed by atoms with van der Waals surface area (Å²) in [5, 5.41) is 12.1. The van der Waals surface area contributed by atoms with Gasteiger partial charge in [-0.05, 0) is 37.5 Å². The van der Waals surface area contributed by atoms with Crippen LogP contribution >= 0.6 is 0 Å². The van der Waals surface area contributed by atoms with Gasteiger partial charge in [-0.15, -0.1) is 0 Å². The fourth-order valence-electron chi connectivity index (χ4n) is 2.91. The van der Waals surface area contributed by atoms with Gasteiger partial charge in [0.2, 0.25) is 0 Å². The van der Waals surface area contributed by atoms with Crippen molar-refractivity contribution in [3.8, 4) is 0 Å². The maximum Gasteiger partial charge on any atom is 0.326 e. The molecular formula is C14H24N2O4. The first-order chi connectivity index (χ1) is 9.58. The van der Waals surface area contributed by atoms with Gasteiger partial charge in [0, 0.05) is 26.3 Å². The molecule has 2 saturated heterocycles. The van der Waals surface area contributed by atoms with Gasteiger partial charge in [0.1, 0.15) is 6.04 Å². The van der Waals surface area contributed by atoms with Gasteiger partial charge in [-0.3, -0.25) is 0 Å². The molecule has 2 aliphatic rings. The summed E-state index contributed by atoms with van der Waals surface area (Å²) in [6.07, 6.45) is 3.36. The van der Waals surface area contributed by atoms with Crippen LogP contribution in [0.25, 0.3) is 0 Å². The summed E-state index contributed by atoms with van der Waals surface area (Å²) in [5.74, 6) is -0.0290. The molecule has 0 radical (unpaired) electrons. The summed E-state index contributed by atoms with van der Waals surface area (Å²) in [5.41, 5.74) is 0. The van der Waals surface area contributed by atoms with Crippen LogP contribution in [0.4, 0.5) is 4.79 Å². The van der Waals surface area contributed by atoms with Crippen molar-refractivity contribution < 1.29 is 19.4 Å². The first-order valence-corrected chi connectivity index (χ1v) is 7.43. The fraction of sp³-hybridized carbons (Fsp3) is 0.857. The highest BCUT2D eigenvalue weighted by Crippen LogP contribution is 2.22. The standard InChI is InChI=1S/C14H24N2O4/c1-10-3-6-16(12(8-10)13(17)18)14(19)15-5-2-11-4-7-20-9-11/h10-12H,2-9H2,1H3,(H,15,19)(H,17,18). The molecule has 2 aliphatic heterocycles. The molecule has 0 aliphatic carbocycles. The number of hydrogen-bond donors (Lipinski definition) is 2. The number of likely N-dealkylation sites (tertiary alicyclic amines) is 1. The number of nitrogens with one attached hydrogen (secondary N) is 1. The molecule has 2 rings (SSSR count). The SMILES string of the molecule is CC1CCN(C(=O)NCCC2CCOC2)C(C(=O)O)C1. The summed E-state index contributed by atoms with van der Waals surface area (Å²) in [4.78, 5) is 24.8. The molecule has 0 saturated carbocycles. The number of carbonyl (C=O) groups is 2. The molecule has 20 heavy (non-hydrogen) atoms. The van der Waals surface area contributed by atoms with Crippen LogP contribution in [0.3, 0.4) is 0 Å². The van der Waals surface area contributed by atoms with Crippen LogP contribution in [0.2, 0.25) is 0 Å². The van der Waals surface area contributed by atoms with Crippen LogP contribution in [0, 0.1) is 11.8 Å². The molecule has 0 spiro atoms. The number of carboxylic acid groups (broad SMARTS) is 1. The number of carbonyl (C=O) groups excluding carboxylic acids is 1. The Morgan fingerprint density at radius 3 is 2.85 bits per heavy atom. The number of aliphatic carboxylic acids is 1. The maximum atomic E-state index is 12.1. The average molecular weight is 284 g/mol. The lowest BCUT2D eigenvalue weighted by atomic mass is 9.93. The number of rotatable bonds is 4. The predicted molar refractivity (Wildman–Crippen MR) is 73.5 cm³/mol. The van der Waals surface area contributed by atoms with Crippen LogP contribution in [-0.4, -0.2) is 54.4 Å². The molecule has 0 aromatic heterocycles. The lowest BCUT2D eigenvalue weighted by Crippen LogP contribution is -2.53. The van der Waals surface area contributed by atoms with Gasteiger partial charge < -0.3 is 20.1 Å². The number of nitrogens with zero attached hydrogens (tertiary/aromatic N) is 1. The van der Waals surface area contributed by atoms with Crippen molar-refractivity contribution in [3.63, 3.8) is 0 Å². The predicted octanol–water partition coefficient (Wildman–Crippen LogP) is 1.31. The second-order valence-corrected chi connectivity index (χ2v) is 5.93. The summed E-state index contributed by atoms with van der Waals surface area (Å²) < 4.78 is 5.29. The number of carboxylic acids is 1. The van der Waals surface area contributed by atoms with Crippen LogP contribution in [0.5, 0.6) is 0 Å². The maximum absolute atomic E-state index is 12.1. The Kier molecular flexibility index (Phi) is 5.23. The molecule has 0 aromatic rings. The van der Waals surface area contributed by atoms with Crippen molar-refractivity contribution in [1.82, 2.24) is 10.2 Å². The summed E-state index contributed by atoms with van der Waals surface area (Å²) >= 11 is 0. The third kappa shape index (κ3) is 3.85. The van der Waals surface area contributed by atoms with Crippen LogP contribution < -0.4 is 5.32 Å². The third-order valence-corrected chi connectivity index (χ3v) is 4.26. The normalized spacial score (nSPS) is 30.2. The van der Waals surface area contributed by atoms with Crippen LogP contribution in [0.15, 0.2) is 0 Å². The lowest BCUT2D eigenvalue weighted by molar-refractivity contribution is -0.143. The van der Waals surface area contributed by atoms with Crippen molar-refractivity contribution >= 4 is 12.0 Å². The van der Waals surface area contributed by atoms with E-state index in [1.165, 1.54) is 4.90 Å². The zero-order valence-electron chi connectivity index (χ0n) is 12.0. The number of amides is 2. The van der Waals surface area contributed by atoms with Crippen molar-refractivity contribution in [2.45, 2.75) is 38.6 Å². The minimum Gasteiger partial charge on any atom is -0.480 e. The highest BCUT2D eigenvalue weighted by atomic mass is 16.5. The van der Waals surface area contributed by atoms with E-state index in [-0.39, 0.29) is 6.03 Å². The first-order valence-electron chi connectivity index (χ1n) is 7.43. The summed E-state index contributed by atoms with van der Waals surface area (Å²) in [7, 11) is 0. The number of urea groups is 1. The highest BCUT2D eigenvalue weighted by molar-refractivity contribution is 5.82. The van der Waals surface area contributed by atoms with Gasteiger partial charge in [0.25, 0.3) is 0 Å². The van der Waals surface area contributed by atoms with Gasteiger partial charge in [0.05, 0.1) is 0 Å². The monoisotopic (exact) mass is 284 g/mol. The van der Waals surface area contributed by atoms with Crippen molar-refractivity contribution in [2.75, 3.05) is 26.3 Å². The molecule has 6 heteroatoms. The minimum absolute atomic E-state index is 0.247. The largest absolute Gasteiger partial charge is 0.480 e. The van der Waals surface area contributed by atoms with E-state index in [0.717, 1.165) is 32.5 Å². The lowest BCUT2D eigenvalue weighted by Gasteiger charge is -2.35. The zero-order valence-corrected chi connectivity index (χ0v) is 12.0. The van der Waals surface area contributed by atoms with Crippen molar-refractivity contribution in [2.24, 2.45) is 11.8 Å². The van der Waals surface area contributed by atoms with Gasteiger partial charge >= 0.3 is 12.0 Å². The fourth-order valence-corrected chi connectivity index (χ4v) is 2.91. The Morgan fingerprint density at radius 1 is 1.40 bits per heavy atom. The summed E-state index contributed by atoms with van der Waals surface area (Å²) in [6.45, 7) is 4.73. The van der Waals surface area contributed by atoms with E-state index < -0.39 is 12.0 Å². The van der Waals surface area contributed by atoms with Gasteiger partial charge in [-0.25, -0.2) is 9.59 Å². The molecule has 2 N–H and O–H groups in total. The first kappa shape index (κ1) is 15.1.